The van der Waals surface area contributed by atoms with Crippen LogP contribution in [0.25, 0.3) is 11.2 Å². The molecule has 1 amide bonds. The Labute approximate surface area is 234 Å². The summed E-state index contributed by atoms with van der Waals surface area (Å²) in [6, 6.07) is 5.45. The second kappa shape index (κ2) is 11.4. The maximum Gasteiger partial charge on any atom is 0.222 e. The lowest BCUT2D eigenvalue weighted by Gasteiger charge is -2.47. The van der Waals surface area contributed by atoms with Crippen LogP contribution in [0.3, 0.4) is 0 Å². The van der Waals surface area contributed by atoms with E-state index in [9.17, 15) is 4.79 Å². The number of hydrogen-bond acceptors (Lipinski definition) is 6. The molecule has 3 aromatic rings. The minimum Gasteiger partial charge on any atom is -0.355 e. The van der Waals surface area contributed by atoms with Gasteiger partial charge in [-0.1, -0.05) is 43.1 Å². The molecule has 2 saturated heterocycles. The molecule has 5 rings (SSSR count). The number of aromatic nitrogens is 4. The first kappa shape index (κ1) is 27.2. The summed E-state index contributed by atoms with van der Waals surface area (Å²) >= 11 is 12.6. The van der Waals surface area contributed by atoms with Crippen LogP contribution < -0.4 is 10.2 Å². The summed E-state index contributed by atoms with van der Waals surface area (Å²) in [4.78, 5) is 26.5. The topological polar surface area (TPSA) is 79.2 Å². The smallest absolute Gasteiger partial charge is 0.222 e. The number of fused-ring (bicyclic) bond motifs is 1. The number of nitrogens with one attached hydrogen (secondary N) is 1. The number of anilines is 1. The first-order chi connectivity index (χ1) is 18.2. The van der Waals surface area contributed by atoms with Crippen molar-refractivity contribution in [2.45, 2.75) is 46.6 Å². The van der Waals surface area contributed by atoms with Gasteiger partial charge < -0.3 is 15.1 Å². The number of aryl methyl sites for hydroxylation is 1. The molecule has 2 atom stereocenters. The first-order valence-electron chi connectivity index (χ1n) is 13.6. The van der Waals surface area contributed by atoms with E-state index in [1.54, 1.807) is 6.07 Å². The third-order valence-electron chi connectivity index (χ3n) is 8.03. The highest BCUT2D eigenvalue weighted by atomic mass is 35.5. The fourth-order valence-corrected chi connectivity index (χ4v) is 6.22. The maximum atomic E-state index is 11.9. The second-order valence-electron chi connectivity index (χ2n) is 11.1. The van der Waals surface area contributed by atoms with E-state index in [0.717, 1.165) is 67.5 Å². The molecule has 1 aromatic carbocycles. The van der Waals surface area contributed by atoms with Crippen LogP contribution in [0.2, 0.25) is 10.0 Å². The molecular formula is C28H37Cl2N7O. The van der Waals surface area contributed by atoms with Crippen LogP contribution in [0.4, 0.5) is 5.82 Å². The van der Waals surface area contributed by atoms with Gasteiger partial charge in [-0.2, -0.15) is 5.10 Å². The molecule has 38 heavy (non-hydrogen) atoms. The summed E-state index contributed by atoms with van der Waals surface area (Å²) < 4.78 is 1.92. The highest BCUT2D eigenvalue weighted by Gasteiger charge is 2.36. The summed E-state index contributed by atoms with van der Waals surface area (Å²) in [5.74, 6) is 2.39. The molecule has 0 saturated carbocycles. The average Bonchev–Trinajstić information content (AvgIpc) is 3.19. The van der Waals surface area contributed by atoms with Crippen molar-refractivity contribution in [1.29, 1.82) is 0 Å². The van der Waals surface area contributed by atoms with Crippen LogP contribution >= 0.6 is 23.2 Å². The van der Waals surface area contributed by atoms with E-state index >= 15 is 0 Å². The van der Waals surface area contributed by atoms with Crippen LogP contribution in [0, 0.1) is 24.7 Å². The van der Waals surface area contributed by atoms with Crippen molar-refractivity contribution in [3.63, 3.8) is 0 Å². The number of rotatable bonds is 8. The average molecular weight is 559 g/mol. The Balaban J connectivity index is 1.23. The van der Waals surface area contributed by atoms with Gasteiger partial charge in [-0.3, -0.25) is 4.79 Å². The number of nitrogens with zero attached hydrogens (tertiary/aromatic N) is 6. The molecule has 2 fully saturated rings. The number of carbonyl (C=O) groups excluding carboxylic acids is 1. The number of carbonyl (C=O) groups is 1. The minimum atomic E-state index is -0.108. The van der Waals surface area contributed by atoms with Crippen LogP contribution in [0.5, 0.6) is 0 Å². The molecule has 0 unspecified atom stereocenters. The molecule has 0 aliphatic carbocycles. The van der Waals surface area contributed by atoms with E-state index in [1.165, 1.54) is 12.8 Å². The van der Waals surface area contributed by atoms with Crippen molar-refractivity contribution in [1.82, 2.24) is 30.0 Å². The lowest BCUT2D eigenvalue weighted by Crippen LogP contribution is -2.54. The zero-order chi connectivity index (χ0) is 27.0. The number of amides is 1. The molecule has 0 bridgehead atoms. The van der Waals surface area contributed by atoms with E-state index < -0.39 is 0 Å². The molecule has 0 spiro atoms. The van der Waals surface area contributed by atoms with Gasteiger partial charge in [0, 0.05) is 48.7 Å². The van der Waals surface area contributed by atoms with Crippen molar-refractivity contribution >= 4 is 46.1 Å². The quantitative estimate of drug-likeness (QED) is 0.421. The molecule has 204 valence electrons. The van der Waals surface area contributed by atoms with Gasteiger partial charge >= 0.3 is 0 Å². The van der Waals surface area contributed by atoms with E-state index in [1.807, 2.05) is 43.8 Å². The van der Waals surface area contributed by atoms with Crippen LogP contribution in [-0.2, 0) is 4.79 Å². The highest BCUT2D eigenvalue weighted by Crippen LogP contribution is 2.35. The Kier molecular flexibility index (Phi) is 8.12. The fourth-order valence-electron chi connectivity index (χ4n) is 5.65. The van der Waals surface area contributed by atoms with E-state index in [-0.39, 0.29) is 17.9 Å². The zero-order valence-electron chi connectivity index (χ0n) is 22.6. The Bertz CT molecular complexity index is 1300. The second-order valence-corrected chi connectivity index (χ2v) is 11.9. The van der Waals surface area contributed by atoms with Gasteiger partial charge in [-0.15, -0.1) is 0 Å². The number of likely N-dealkylation sites (tertiary alicyclic amines) is 1. The molecule has 1 N–H and O–H groups in total. The molecular weight excluding hydrogens is 521 g/mol. The highest BCUT2D eigenvalue weighted by molar-refractivity contribution is 6.35. The van der Waals surface area contributed by atoms with Crippen molar-refractivity contribution in [3.05, 3.63) is 45.7 Å². The van der Waals surface area contributed by atoms with Gasteiger partial charge in [-0.05, 0) is 62.8 Å². The number of hydrogen-bond donors (Lipinski definition) is 1. The standard InChI is InChI=1S/C28H37Cl2N7O/c1-17(2)28(38)31-9-11-35-10-5-6-20(14-35)21-15-36(16-21)25-13-32-26-18(3)34-37(27(26)33-25)19(4)23-8-7-22(29)12-24(23)30/h7-8,12-13,17,19-21H,5-6,9-11,14-16H2,1-4H3,(H,31,38)/t19-,20+/m1/s1. The van der Waals surface area contributed by atoms with Crippen molar-refractivity contribution in [2.24, 2.45) is 17.8 Å². The Morgan fingerprint density at radius 1 is 1.16 bits per heavy atom. The Morgan fingerprint density at radius 3 is 2.68 bits per heavy atom. The monoisotopic (exact) mass is 557 g/mol. The lowest BCUT2D eigenvalue weighted by molar-refractivity contribution is -0.124. The van der Waals surface area contributed by atoms with Crippen molar-refractivity contribution in [3.8, 4) is 0 Å². The van der Waals surface area contributed by atoms with Gasteiger partial charge in [0.1, 0.15) is 11.3 Å². The fraction of sp³-hybridized carbons (Fsp3) is 0.571. The number of halogens is 2. The largest absolute Gasteiger partial charge is 0.355 e. The molecule has 4 heterocycles. The van der Waals surface area contributed by atoms with Gasteiger partial charge in [0.25, 0.3) is 0 Å². The van der Waals surface area contributed by atoms with Gasteiger partial charge in [0.15, 0.2) is 5.65 Å². The third-order valence-corrected chi connectivity index (χ3v) is 8.59. The van der Waals surface area contributed by atoms with Crippen molar-refractivity contribution < 1.29 is 4.79 Å². The summed E-state index contributed by atoms with van der Waals surface area (Å²) in [5.41, 5.74) is 3.39. The normalized spacial score (nSPS) is 19.7. The summed E-state index contributed by atoms with van der Waals surface area (Å²) in [6.07, 6.45) is 4.36. The van der Waals surface area contributed by atoms with E-state index in [2.05, 4.69) is 22.0 Å². The van der Waals surface area contributed by atoms with Crippen LogP contribution in [0.15, 0.2) is 24.4 Å². The maximum absolute atomic E-state index is 11.9. The predicted octanol–water partition coefficient (Wildman–Crippen LogP) is 4.97. The molecule has 8 nitrogen and oxygen atoms in total. The van der Waals surface area contributed by atoms with Gasteiger partial charge in [0.2, 0.25) is 5.91 Å². The number of benzene rings is 1. The zero-order valence-corrected chi connectivity index (χ0v) is 24.1. The third kappa shape index (κ3) is 5.63. The molecule has 2 aliphatic heterocycles. The minimum absolute atomic E-state index is 0.0355. The Hall–Kier alpha value is -2.42. The van der Waals surface area contributed by atoms with E-state index in [0.29, 0.717) is 21.9 Å². The first-order valence-corrected chi connectivity index (χ1v) is 14.4. The SMILES string of the molecule is Cc1nn([C@H](C)c2ccc(Cl)cc2Cl)c2nc(N3CC([C@H]4CCCN(CCNC(=O)C(C)C)C4)C3)cnc12. The van der Waals surface area contributed by atoms with Gasteiger partial charge in [0.05, 0.1) is 17.9 Å². The van der Waals surface area contributed by atoms with Crippen LogP contribution in [0.1, 0.15) is 50.9 Å². The van der Waals surface area contributed by atoms with Crippen molar-refractivity contribution in [2.75, 3.05) is 44.2 Å². The molecule has 2 aliphatic rings. The lowest BCUT2D eigenvalue weighted by atomic mass is 9.80. The summed E-state index contributed by atoms with van der Waals surface area (Å²) in [6.45, 7) is 13.8. The molecule has 10 heteroatoms. The van der Waals surface area contributed by atoms with Gasteiger partial charge in [-0.25, -0.2) is 14.6 Å². The van der Waals surface area contributed by atoms with Crippen LogP contribution in [-0.4, -0.2) is 69.8 Å². The summed E-state index contributed by atoms with van der Waals surface area (Å²) in [5, 5.41) is 9.04. The number of piperidine rings is 1. The molecule has 2 aromatic heterocycles. The Morgan fingerprint density at radius 2 is 1.95 bits per heavy atom. The predicted molar refractivity (Wildman–Crippen MR) is 153 cm³/mol. The van der Waals surface area contributed by atoms with E-state index in [4.69, 9.17) is 38.3 Å². The summed E-state index contributed by atoms with van der Waals surface area (Å²) in [7, 11) is 0. The molecule has 0 radical (unpaired) electrons.